The zero-order chi connectivity index (χ0) is 19.3. The van der Waals surface area contributed by atoms with Gasteiger partial charge in [0, 0.05) is 32.1 Å². The molecule has 26 heavy (non-hydrogen) atoms. The minimum atomic E-state index is -3.82. The molecule has 2 amide bonds. The zero-order valence-corrected chi connectivity index (χ0v) is 15.6. The number of hydrogen-bond acceptors (Lipinski definition) is 5. The van der Waals surface area contributed by atoms with E-state index in [1.807, 2.05) is 0 Å². The Morgan fingerprint density at radius 3 is 2.54 bits per heavy atom. The van der Waals surface area contributed by atoms with Crippen LogP contribution >= 0.6 is 11.6 Å². The Labute approximate surface area is 156 Å². The summed E-state index contributed by atoms with van der Waals surface area (Å²) in [5, 5.41) is 5.35. The molecule has 138 valence electrons. The molecule has 1 heterocycles. The SMILES string of the molecule is CC(=O)Nc1ccc(NC(=O)CN(C)S(=O)(=O)c2cccnc2)cc1Cl. The van der Waals surface area contributed by atoms with Crippen molar-refractivity contribution >= 4 is 44.8 Å². The van der Waals surface area contributed by atoms with Gasteiger partial charge in [0.2, 0.25) is 21.8 Å². The molecule has 10 heteroatoms. The molecule has 0 aliphatic carbocycles. The van der Waals surface area contributed by atoms with Crippen molar-refractivity contribution in [2.24, 2.45) is 0 Å². The predicted octanol–water partition coefficient (Wildman–Crippen LogP) is 1.95. The van der Waals surface area contributed by atoms with E-state index in [0.717, 1.165) is 4.31 Å². The van der Waals surface area contributed by atoms with Gasteiger partial charge in [0.15, 0.2) is 0 Å². The summed E-state index contributed by atoms with van der Waals surface area (Å²) >= 11 is 6.04. The first-order chi connectivity index (χ1) is 12.2. The van der Waals surface area contributed by atoms with Crippen molar-refractivity contribution in [3.8, 4) is 0 Å². The van der Waals surface area contributed by atoms with Crippen molar-refractivity contribution in [3.05, 3.63) is 47.7 Å². The molecule has 8 nitrogen and oxygen atoms in total. The summed E-state index contributed by atoms with van der Waals surface area (Å²) in [6, 6.07) is 7.44. The molecule has 2 rings (SSSR count). The number of hydrogen-bond donors (Lipinski definition) is 2. The number of amides is 2. The minimum absolute atomic E-state index is 0.00185. The molecule has 0 bridgehead atoms. The molecular formula is C16H17ClN4O4S. The normalized spacial score (nSPS) is 11.2. The molecule has 0 atom stereocenters. The Balaban J connectivity index is 2.04. The Morgan fingerprint density at radius 2 is 1.96 bits per heavy atom. The summed E-state index contributed by atoms with van der Waals surface area (Å²) in [4.78, 5) is 26.9. The third kappa shape index (κ3) is 5.01. The molecule has 0 saturated heterocycles. The number of likely N-dealkylation sites (N-methyl/N-ethyl adjacent to an activating group) is 1. The van der Waals surface area contributed by atoms with Crippen LogP contribution in [0.25, 0.3) is 0 Å². The van der Waals surface area contributed by atoms with Crippen LogP contribution < -0.4 is 10.6 Å². The van der Waals surface area contributed by atoms with Gasteiger partial charge in [-0.25, -0.2) is 8.42 Å². The maximum absolute atomic E-state index is 12.4. The van der Waals surface area contributed by atoms with Gasteiger partial charge in [0.25, 0.3) is 0 Å². The Morgan fingerprint density at radius 1 is 1.23 bits per heavy atom. The maximum atomic E-state index is 12.4. The highest BCUT2D eigenvalue weighted by Gasteiger charge is 2.23. The number of halogens is 1. The van der Waals surface area contributed by atoms with Crippen molar-refractivity contribution in [1.82, 2.24) is 9.29 Å². The first-order valence-electron chi connectivity index (χ1n) is 7.43. The topological polar surface area (TPSA) is 108 Å². The van der Waals surface area contributed by atoms with Gasteiger partial charge in [-0.3, -0.25) is 14.6 Å². The smallest absolute Gasteiger partial charge is 0.244 e. The maximum Gasteiger partial charge on any atom is 0.244 e. The molecule has 0 aliphatic heterocycles. The van der Waals surface area contributed by atoms with Crippen LogP contribution in [0.4, 0.5) is 11.4 Å². The summed E-state index contributed by atoms with van der Waals surface area (Å²) in [6.07, 6.45) is 2.67. The van der Waals surface area contributed by atoms with Crippen molar-refractivity contribution < 1.29 is 18.0 Å². The highest BCUT2D eigenvalue weighted by atomic mass is 35.5. The van der Waals surface area contributed by atoms with Crippen LogP contribution in [0, 0.1) is 0 Å². The Kier molecular flexibility index (Phi) is 6.30. The lowest BCUT2D eigenvalue weighted by Gasteiger charge is -2.17. The highest BCUT2D eigenvalue weighted by Crippen LogP contribution is 2.25. The fourth-order valence-corrected chi connectivity index (χ4v) is 3.37. The molecule has 0 radical (unpaired) electrons. The zero-order valence-electron chi connectivity index (χ0n) is 14.1. The molecule has 0 saturated carbocycles. The molecule has 0 spiro atoms. The summed E-state index contributed by atoms with van der Waals surface area (Å²) in [5.41, 5.74) is 0.787. The molecule has 0 aliphatic rings. The fourth-order valence-electron chi connectivity index (χ4n) is 2.05. The number of anilines is 2. The van der Waals surface area contributed by atoms with E-state index in [9.17, 15) is 18.0 Å². The lowest BCUT2D eigenvalue weighted by Crippen LogP contribution is -2.35. The van der Waals surface area contributed by atoms with Gasteiger partial charge in [-0.1, -0.05) is 11.6 Å². The number of pyridine rings is 1. The standard InChI is InChI=1S/C16H17ClN4O4S/c1-11(22)19-15-6-5-12(8-14(15)17)20-16(23)10-21(2)26(24,25)13-4-3-7-18-9-13/h3-9H,10H2,1-2H3,(H,19,22)(H,20,23). The van der Waals surface area contributed by atoms with Gasteiger partial charge < -0.3 is 10.6 Å². The number of aromatic nitrogens is 1. The van der Waals surface area contributed by atoms with Crippen LogP contribution in [0.3, 0.4) is 0 Å². The van der Waals surface area contributed by atoms with Gasteiger partial charge in [-0.2, -0.15) is 4.31 Å². The molecule has 2 aromatic rings. The van der Waals surface area contributed by atoms with E-state index in [1.54, 1.807) is 6.07 Å². The van der Waals surface area contributed by atoms with Crippen molar-refractivity contribution in [3.63, 3.8) is 0 Å². The van der Waals surface area contributed by atoms with Crippen LogP contribution in [-0.2, 0) is 19.6 Å². The lowest BCUT2D eigenvalue weighted by molar-refractivity contribution is -0.116. The van der Waals surface area contributed by atoms with Gasteiger partial charge >= 0.3 is 0 Å². The first kappa shape index (κ1) is 19.8. The summed E-state index contributed by atoms with van der Waals surface area (Å²) in [6.45, 7) is 0.965. The molecule has 0 unspecified atom stereocenters. The Hall–Kier alpha value is -2.49. The average Bonchev–Trinajstić information content (AvgIpc) is 2.57. The third-order valence-electron chi connectivity index (χ3n) is 3.27. The monoisotopic (exact) mass is 396 g/mol. The van der Waals surface area contributed by atoms with Gasteiger partial charge in [0.1, 0.15) is 4.90 Å². The number of rotatable bonds is 6. The van der Waals surface area contributed by atoms with Gasteiger partial charge in [-0.05, 0) is 30.3 Å². The molecule has 1 aromatic heterocycles. The van der Waals surface area contributed by atoms with E-state index >= 15 is 0 Å². The van der Waals surface area contributed by atoms with Gasteiger partial charge in [-0.15, -0.1) is 0 Å². The summed E-state index contributed by atoms with van der Waals surface area (Å²) in [7, 11) is -2.52. The van der Waals surface area contributed by atoms with E-state index in [4.69, 9.17) is 11.6 Å². The number of nitrogens with zero attached hydrogens (tertiary/aromatic N) is 2. The van der Waals surface area contributed by atoms with Crippen molar-refractivity contribution in [2.45, 2.75) is 11.8 Å². The van der Waals surface area contributed by atoms with E-state index in [-0.39, 0.29) is 22.4 Å². The van der Waals surface area contributed by atoms with Crippen LogP contribution in [0.5, 0.6) is 0 Å². The number of benzene rings is 1. The van der Waals surface area contributed by atoms with Gasteiger partial charge in [0.05, 0.1) is 17.3 Å². The molecule has 0 fully saturated rings. The number of sulfonamides is 1. The molecule has 1 aromatic carbocycles. The van der Waals surface area contributed by atoms with Crippen LogP contribution in [0.15, 0.2) is 47.6 Å². The third-order valence-corrected chi connectivity index (χ3v) is 5.37. The fraction of sp³-hybridized carbons (Fsp3) is 0.188. The summed E-state index contributed by atoms with van der Waals surface area (Å²) in [5.74, 6) is -0.811. The van der Waals surface area contributed by atoms with Crippen LogP contribution in [-0.4, -0.2) is 43.1 Å². The second-order valence-corrected chi connectivity index (χ2v) is 7.83. The first-order valence-corrected chi connectivity index (χ1v) is 9.25. The van der Waals surface area contributed by atoms with E-state index in [0.29, 0.717) is 11.4 Å². The van der Waals surface area contributed by atoms with E-state index < -0.39 is 15.9 Å². The predicted molar refractivity (Wildman–Crippen MR) is 98.4 cm³/mol. The Bertz CT molecular complexity index is 919. The molecule has 2 N–H and O–H groups in total. The highest BCUT2D eigenvalue weighted by molar-refractivity contribution is 7.89. The minimum Gasteiger partial charge on any atom is -0.325 e. The molecular weight excluding hydrogens is 380 g/mol. The van der Waals surface area contributed by atoms with Crippen LogP contribution in [0.1, 0.15) is 6.92 Å². The van der Waals surface area contributed by atoms with Crippen molar-refractivity contribution in [1.29, 1.82) is 0 Å². The van der Waals surface area contributed by atoms with Crippen LogP contribution in [0.2, 0.25) is 5.02 Å². The summed E-state index contributed by atoms with van der Waals surface area (Å²) < 4.78 is 25.7. The number of carbonyl (C=O) groups is 2. The lowest BCUT2D eigenvalue weighted by atomic mass is 10.2. The number of carbonyl (C=O) groups excluding carboxylic acids is 2. The van der Waals surface area contributed by atoms with E-state index in [1.165, 1.54) is 50.6 Å². The number of nitrogens with one attached hydrogen (secondary N) is 2. The second kappa shape index (κ2) is 8.26. The second-order valence-electron chi connectivity index (χ2n) is 5.37. The quantitative estimate of drug-likeness (QED) is 0.775. The largest absolute Gasteiger partial charge is 0.325 e. The average molecular weight is 397 g/mol. The van der Waals surface area contributed by atoms with Crippen molar-refractivity contribution in [2.75, 3.05) is 24.2 Å². The van der Waals surface area contributed by atoms with E-state index in [2.05, 4.69) is 15.6 Å².